The van der Waals surface area contributed by atoms with Crippen molar-refractivity contribution in [1.29, 1.82) is 5.26 Å². The van der Waals surface area contributed by atoms with Gasteiger partial charge in [-0.2, -0.15) is 10.4 Å². The number of aromatic carboxylic acids is 1. The molecule has 0 radical (unpaired) electrons. The summed E-state index contributed by atoms with van der Waals surface area (Å²) in [6.45, 7) is 3.47. The van der Waals surface area contributed by atoms with Gasteiger partial charge in [0.05, 0.1) is 5.69 Å². The Balaban J connectivity index is 2.52. The summed E-state index contributed by atoms with van der Waals surface area (Å²) in [4.78, 5) is 11.3. The number of hydrogen-bond acceptors (Lipinski definition) is 5. The molecule has 0 unspecified atom stereocenters. The quantitative estimate of drug-likeness (QED) is 0.803. The van der Waals surface area contributed by atoms with Crippen LogP contribution in [-0.2, 0) is 0 Å². The van der Waals surface area contributed by atoms with Gasteiger partial charge in [-0.15, -0.1) is 5.10 Å². The van der Waals surface area contributed by atoms with Gasteiger partial charge in [0, 0.05) is 3.57 Å². The van der Waals surface area contributed by atoms with Gasteiger partial charge in [-0.25, -0.2) is 4.79 Å². The van der Waals surface area contributed by atoms with Crippen molar-refractivity contribution in [2.45, 2.75) is 13.8 Å². The molecule has 0 aliphatic rings. The van der Waals surface area contributed by atoms with E-state index in [1.165, 1.54) is 12.1 Å². The first kappa shape index (κ1) is 15.2. The molecule has 0 atom stereocenters. The third-order valence-corrected chi connectivity index (χ3v) is 3.58. The lowest BCUT2D eigenvalue weighted by Gasteiger charge is -2.10. The number of carboxylic acid groups (broad SMARTS) is 1. The first-order valence-electron chi connectivity index (χ1n) is 5.88. The second-order valence-corrected chi connectivity index (χ2v) is 5.50. The molecule has 106 valence electrons. The van der Waals surface area contributed by atoms with Gasteiger partial charge in [0.2, 0.25) is 0 Å². The lowest BCUT2D eigenvalue weighted by atomic mass is 10.1. The Labute approximate surface area is 134 Å². The Hall–Kier alpha value is -2.21. The van der Waals surface area contributed by atoms with Crippen LogP contribution in [0.25, 0.3) is 0 Å². The Bertz CT molecular complexity index is 769. The Morgan fingerprint density at radius 1 is 1.38 bits per heavy atom. The zero-order valence-electron chi connectivity index (χ0n) is 11.2. The number of benzene rings is 1. The second kappa shape index (κ2) is 6.05. The standard InChI is InChI=1S/C14H10IN3O3/c1-7-8(2)17-18-13(11(7)6-16)21-12-4-3-9(15)5-10(12)14(19)20/h3-5H,1-2H3,(H,19,20). The molecule has 2 rings (SSSR count). The molecule has 0 spiro atoms. The van der Waals surface area contributed by atoms with Gasteiger partial charge in [0.15, 0.2) is 0 Å². The molecule has 1 aromatic carbocycles. The number of ether oxygens (including phenoxy) is 1. The van der Waals surface area contributed by atoms with Crippen LogP contribution >= 0.6 is 22.6 Å². The van der Waals surface area contributed by atoms with Crippen molar-refractivity contribution in [1.82, 2.24) is 10.2 Å². The molecule has 0 fully saturated rings. The first-order chi connectivity index (χ1) is 9.93. The highest BCUT2D eigenvalue weighted by molar-refractivity contribution is 14.1. The molecule has 21 heavy (non-hydrogen) atoms. The summed E-state index contributed by atoms with van der Waals surface area (Å²) < 4.78 is 6.27. The lowest BCUT2D eigenvalue weighted by molar-refractivity contribution is 0.0694. The summed E-state index contributed by atoms with van der Waals surface area (Å²) in [7, 11) is 0. The molecule has 1 heterocycles. The SMILES string of the molecule is Cc1nnc(Oc2ccc(I)cc2C(=O)O)c(C#N)c1C. The van der Waals surface area contributed by atoms with Crippen molar-refractivity contribution in [2.75, 3.05) is 0 Å². The van der Waals surface area contributed by atoms with Crippen molar-refractivity contribution in [3.05, 3.63) is 44.2 Å². The maximum absolute atomic E-state index is 11.3. The number of carbonyl (C=O) groups is 1. The van der Waals surface area contributed by atoms with E-state index < -0.39 is 5.97 Å². The number of nitriles is 1. The number of rotatable bonds is 3. The number of hydrogen-bond donors (Lipinski definition) is 1. The monoisotopic (exact) mass is 395 g/mol. The highest BCUT2D eigenvalue weighted by Crippen LogP contribution is 2.29. The molecule has 0 aliphatic heterocycles. The predicted molar refractivity (Wildman–Crippen MR) is 82.4 cm³/mol. The number of carboxylic acids is 1. The number of aryl methyl sites for hydroxylation is 1. The summed E-state index contributed by atoms with van der Waals surface area (Å²) >= 11 is 2.01. The number of halogens is 1. The van der Waals surface area contributed by atoms with Crippen LogP contribution in [0.4, 0.5) is 0 Å². The molecule has 1 aromatic heterocycles. The summed E-state index contributed by atoms with van der Waals surface area (Å²) in [5.74, 6) is -0.986. The molecular formula is C14H10IN3O3. The minimum absolute atomic E-state index is 0.00399. The second-order valence-electron chi connectivity index (χ2n) is 4.25. The normalized spacial score (nSPS) is 10.0. The van der Waals surface area contributed by atoms with Gasteiger partial charge < -0.3 is 9.84 Å². The van der Waals surface area contributed by atoms with Crippen LogP contribution in [0.2, 0.25) is 0 Å². The van der Waals surface area contributed by atoms with E-state index in [4.69, 9.17) is 4.74 Å². The van der Waals surface area contributed by atoms with E-state index in [2.05, 4.69) is 10.2 Å². The van der Waals surface area contributed by atoms with Gasteiger partial charge in [-0.3, -0.25) is 0 Å². The Morgan fingerprint density at radius 3 is 2.71 bits per heavy atom. The zero-order valence-corrected chi connectivity index (χ0v) is 13.4. The molecule has 6 nitrogen and oxygen atoms in total. The van der Waals surface area contributed by atoms with E-state index in [0.717, 1.165) is 3.57 Å². The van der Waals surface area contributed by atoms with Crippen molar-refractivity contribution in [2.24, 2.45) is 0 Å². The van der Waals surface area contributed by atoms with Crippen molar-refractivity contribution in [3.8, 4) is 17.7 Å². The maximum atomic E-state index is 11.3. The van der Waals surface area contributed by atoms with Gasteiger partial charge in [0.1, 0.15) is 22.9 Å². The molecular weight excluding hydrogens is 385 g/mol. The summed E-state index contributed by atoms with van der Waals surface area (Å²) in [5.41, 5.74) is 1.54. The fraction of sp³-hybridized carbons (Fsp3) is 0.143. The van der Waals surface area contributed by atoms with Crippen molar-refractivity contribution in [3.63, 3.8) is 0 Å². The van der Waals surface area contributed by atoms with E-state index >= 15 is 0 Å². The van der Waals surface area contributed by atoms with E-state index in [0.29, 0.717) is 11.3 Å². The lowest BCUT2D eigenvalue weighted by Crippen LogP contribution is -2.04. The Morgan fingerprint density at radius 2 is 2.10 bits per heavy atom. The van der Waals surface area contributed by atoms with Gasteiger partial charge >= 0.3 is 5.97 Å². The average Bonchev–Trinajstić information content (AvgIpc) is 2.45. The molecule has 0 amide bonds. The molecule has 1 N–H and O–H groups in total. The Kier molecular flexibility index (Phi) is 4.37. The highest BCUT2D eigenvalue weighted by atomic mass is 127. The maximum Gasteiger partial charge on any atom is 0.339 e. The van der Waals surface area contributed by atoms with Crippen LogP contribution in [0.15, 0.2) is 18.2 Å². The van der Waals surface area contributed by atoms with Crippen LogP contribution in [0.5, 0.6) is 11.6 Å². The van der Waals surface area contributed by atoms with E-state index in [9.17, 15) is 15.2 Å². The van der Waals surface area contributed by atoms with Crippen molar-refractivity contribution >= 4 is 28.6 Å². The fourth-order valence-electron chi connectivity index (χ4n) is 1.65. The highest BCUT2D eigenvalue weighted by Gasteiger charge is 2.17. The van der Waals surface area contributed by atoms with Crippen molar-refractivity contribution < 1.29 is 14.6 Å². The molecule has 0 saturated carbocycles. The van der Waals surface area contributed by atoms with Crippen LogP contribution in [0, 0.1) is 28.7 Å². The predicted octanol–water partition coefficient (Wildman–Crippen LogP) is 3.06. The summed E-state index contributed by atoms with van der Waals surface area (Å²) in [5, 5.41) is 26.2. The van der Waals surface area contributed by atoms with Gasteiger partial charge in [-0.1, -0.05) is 0 Å². The number of aromatic nitrogens is 2. The molecule has 7 heteroatoms. The minimum Gasteiger partial charge on any atom is -0.478 e. The summed E-state index contributed by atoms with van der Waals surface area (Å²) in [6.07, 6.45) is 0. The fourth-order valence-corrected chi connectivity index (χ4v) is 2.14. The van der Waals surface area contributed by atoms with Crippen LogP contribution < -0.4 is 4.74 Å². The largest absolute Gasteiger partial charge is 0.478 e. The van der Waals surface area contributed by atoms with E-state index in [1.807, 2.05) is 28.7 Å². The van der Waals surface area contributed by atoms with Gasteiger partial charge in [-0.05, 0) is 60.2 Å². The minimum atomic E-state index is -1.11. The van der Waals surface area contributed by atoms with Crippen LogP contribution in [0.3, 0.4) is 0 Å². The number of nitrogens with zero attached hydrogens (tertiary/aromatic N) is 3. The third kappa shape index (κ3) is 3.11. The third-order valence-electron chi connectivity index (χ3n) is 2.91. The first-order valence-corrected chi connectivity index (χ1v) is 6.96. The molecule has 0 saturated heterocycles. The molecule has 2 aromatic rings. The van der Waals surface area contributed by atoms with E-state index in [1.54, 1.807) is 19.9 Å². The van der Waals surface area contributed by atoms with E-state index in [-0.39, 0.29) is 22.8 Å². The smallest absolute Gasteiger partial charge is 0.339 e. The van der Waals surface area contributed by atoms with Gasteiger partial charge in [0.25, 0.3) is 5.88 Å². The van der Waals surface area contributed by atoms with Crippen LogP contribution in [0.1, 0.15) is 27.2 Å². The zero-order chi connectivity index (χ0) is 15.6. The summed E-state index contributed by atoms with van der Waals surface area (Å²) in [6, 6.07) is 6.74. The average molecular weight is 395 g/mol. The molecule has 0 aliphatic carbocycles. The molecule has 0 bridgehead atoms. The topological polar surface area (TPSA) is 96.1 Å². The van der Waals surface area contributed by atoms with Crippen LogP contribution in [-0.4, -0.2) is 21.3 Å².